The van der Waals surface area contributed by atoms with Crippen molar-refractivity contribution in [1.82, 2.24) is 30.1 Å². The van der Waals surface area contributed by atoms with E-state index in [9.17, 15) is 32.7 Å². The fraction of sp³-hybridized carbons (Fsp3) is 0.103. The van der Waals surface area contributed by atoms with Crippen LogP contribution in [0.25, 0.3) is 45.3 Å². The predicted octanol–water partition coefficient (Wildman–Crippen LogP) is 7.72. The number of anilines is 1. The van der Waals surface area contributed by atoms with E-state index in [2.05, 4.69) is 72.4 Å². The molecule has 0 saturated carbocycles. The normalized spacial score (nSPS) is 13.0. The summed E-state index contributed by atoms with van der Waals surface area (Å²) in [5, 5.41) is 42.8. The number of halogens is 3. The summed E-state index contributed by atoms with van der Waals surface area (Å²) in [6.45, 7) is 2.15. The van der Waals surface area contributed by atoms with Crippen molar-refractivity contribution in [3.63, 3.8) is 0 Å². The minimum absolute atomic E-state index is 0. The number of benzene rings is 1. The molecule has 0 saturated heterocycles. The molecule has 294 valence electrons. The number of alkyl halides is 3. The van der Waals surface area contributed by atoms with Gasteiger partial charge in [-0.2, -0.15) is 18.3 Å². The Morgan fingerprint density at radius 3 is 1.79 bits per heavy atom. The van der Waals surface area contributed by atoms with Crippen LogP contribution in [0.1, 0.15) is 55.7 Å². The molecule has 0 aliphatic carbocycles. The molecule has 6 aromatic rings. The molecule has 7 rings (SSSR count). The maximum absolute atomic E-state index is 12.7. The second kappa shape index (κ2) is 19.4. The Morgan fingerprint density at radius 2 is 1.33 bits per heavy atom. The Balaban J connectivity index is 0.000000237. The van der Waals surface area contributed by atoms with Gasteiger partial charge in [-0.15, -0.1) is 0 Å². The molecule has 0 spiro atoms. The van der Waals surface area contributed by atoms with Crippen LogP contribution in [0, 0.1) is 0 Å². The van der Waals surface area contributed by atoms with E-state index in [0.29, 0.717) is 11.7 Å². The van der Waals surface area contributed by atoms with E-state index in [-0.39, 0.29) is 64.6 Å². The summed E-state index contributed by atoms with van der Waals surface area (Å²) in [4.78, 5) is 52.6. The average Bonchev–Trinajstić information content (AvgIpc) is 3.87. The number of aromatic carboxylic acids is 3. The van der Waals surface area contributed by atoms with Gasteiger partial charge in [-0.1, -0.05) is 42.2 Å². The van der Waals surface area contributed by atoms with E-state index < -0.39 is 29.8 Å². The van der Waals surface area contributed by atoms with Gasteiger partial charge in [-0.25, -0.2) is 19.4 Å². The average molecular weight is 894 g/mol. The SMILES string of the molecule is CC1CC=C(c2ccc(-c3cc(C(F)(F)F)n[n-]3)nc2)N1c1ccccc1.O=C(O)c1ccnc(-c2cc(C(=O)O)cc(-c3cc(C(=O)O)ccn3)n2)c1.[N-]=C=S.[Ru+2]. The second-order valence-electron chi connectivity index (χ2n) is 11.9. The van der Waals surface area contributed by atoms with E-state index in [1.807, 2.05) is 24.3 Å². The smallest absolute Gasteiger partial charge is 0.753 e. The first kappa shape index (κ1) is 43.9. The predicted molar refractivity (Wildman–Crippen MR) is 204 cm³/mol. The number of rotatable bonds is 8. The van der Waals surface area contributed by atoms with Crippen LogP contribution < -0.4 is 10.00 Å². The van der Waals surface area contributed by atoms with Gasteiger partial charge in [-0.05, 0) is 80.1 Å². The van der Waals surface area contributed by atoms with Crippen LogP contribution in [0.5, 0.6) is 0 Å². The molecule has 5 aromatic heterocycles. The Bertz CT molecular complexity index is 2420. The maximum atomic E-state index is 12.7. The fourth-order valence-corrected chi connectivity index (χ4v) is 5.54. The number of carbonyl (C=O) groups is 3. The Kier molecular flexibility index (Phi) is 14.7. The molecular weight excluding hydrogens is 867 g/mol. The van der Waals surface area contributed by atoms with Gasteiger partial charge in [0.15, 0.2) is 0 Å². The monoisotopic (exact) mass is 894 g/mol. The van der Waals surface area contributed by atoms with Crippen LogP contribution in [0.4, 0.5) is 18.9 Å². The first-order valence-corrected chi connectivity index (χ1v) is 16.9. The van der Waals surface area contributed by atoms with E-state index in [0.717, 1.165) is 29.4 Å². The first-order valence-electron chi connectivity index (χ1n) is 16.4. The minimum atomic E-state index is -4.51. The molecule has 6 heterocycles. The van der Waals surface area contributed by atoms with Gasteiger partial charge in [0.2, 0.25) is 0 Å². The summed E-state index contributed by atoms with van der Waals surface area (Å²) in [6.07, 6.45) is 2.77. The molecule has 0 amide bonds. The molecule has 1 atom stereocenters. The largest absolute Gasteiger partial charge is 2.00 e. The summed E-state index contributed by atoms with van der Waals surface area (Å²) in [7, 11) is 0. The third-order valence-corrected chi connectivity index (χ3v) is 8.15. The molecule has 0 bridgehead atoms. The number of isothiocyanates is 1. The van der Waals surface area contributed by atoms with E-state index >= 15 is 0 Å². The molecule has 1 aliphatic rings. The summed E-state index contributed by atoms with van der Waals surface area (Å²) in [5.41, 5.74) is 2.88. The summed E-state index contributed by atoms with van der Waals surface area (Å²) < 4.78 is 38.1. The van der Waals surface area contributed by atoms with E-state index in [1.165, 1.54) is 54.0 Å². The van der Waals surface area contributed by atoms with Crippen molar-refractivity contribution >= 4 is 46.7 Å². The zero-order valence-electron chi connectivity index (χ0n) is 29.7. The Hall–Kier alpha value is -6.81. The zero-order valence-corrected chi connectivity index (χ0v) is 32.3. The van der Waals surface area contributed by atoms with Crippen LogP contribution in [0.3, 0.4) is 0 Å². The van der Waals surface area contributed by atoms with Crippen molar-refractivity contribution in [3.8, 4) is 34.2 Å². The molecular formula is C39H27F3N8O6RuS. The minimum Gasteiger partial charge on any atom is -0.753 e. The van der Waals surface area contributed by atoms with Gasteiger partial charge in [-0.3, -0.25) is 15.0 Å². The number of pyridine rings is 4. The van der Waals surface area contributed by atoms with E-state index in [4.69, 9.17) is 15.6 Å². The van der Waals surface area contributed by atoms with Crippen molar-refractivity contribution in [3.05, 3.63) is 143 Å². The molecule has 14 nitrogen and oxygen atoms in total. The number of carboxylic acid groups (broad SMARTS) is 3. The van der Waals surface area contributed by atoms with Gasteiger partial charge < -0.3 is 35.8 Å². The van der Waals surface area contributed by atoms with Crippen molar-refractivity contribution in [2.24, 2.45) is 0 Å². The topological polar surface area (TPSA) is 216 Å². The maximum Gasteiger partial charge on any atom is 2.00 e. The second-order valence-corrected chi connectivity index (χ2v) is 12.1. The number of hydrogen-bond acceptors (Lipinski definition) is 10. The third kappa shape index (κ3) is 10.7. The molecule has 1 unspecified atom stereocenters. The zero-order chi connectivity index (χ0) is 41.3. The number of para-hydroxylation sites is 1. The molecule has 0 radical (unpaired) electrons. The van der Waals surface area contributed by atoms with Gasteiger partial charge in [0.1, 0.15) is 5.69 Å². The number of hydrogen-bond donors (Lipinski definition) is 3. The van der Waals surface area contributed by atoms with Crippen LogP contribution >= 0.6 is 12.2 Å². The van der Waals surface area contributed by atoms with Crippen LogP contribution in [0.2, 0.25) is 0 Å². The number of nitrogens with zero attached hydrogens (tertiary/aromatic N) is 8. The van der Waals surface area contributed by atoms with Gasteiger partial charge >= 0.3 is 43.6 Å². The Morgan fingerprint density at radius 1 is 0.793 bits per heavy atom. The molecule has 19 heteroatoms. The summed E-state index contributed by atoms with van der Waals surface area (Å²) >= 11 is 3.70. The quantitative estimate of drug-likeness (QED) is 0.0758. The molecule has 1 aromatic carbocycles. The number of thiocarbonyl (C=S) groups is 1. The van der Waals surface area contributed by atoms with Crippen molar-refractivity contribution in [2.75, 3.05) is 4.90 Å². The van der Waals surface area contributed by atoms with Gasteiger partial charge in [0.05, 0.1) is 39.5 Å². The number of carboxylic acids is 3. The fourth-order valence-electron chi connectivity index (χ4n) is 5.54. The summed E-state index contributed by atoms with van der Waals surface area (Å²) in [6, 6.07) is 22.4. The third-order valence-electron chi connectivity index (χ3n) is 8.15. The first-order chi connectivity index (χ1) is 27.2. The van der Waals surface area contributed by atoms with E-state index in [1.54, 1.807) is 12.3 Å². The van der Waals surface area contributed by atoms with Crippen LogP contribution in [-0.2, 0) is 25.7 Å². The van der Waals surface area contributed by atoms with Crippen molar-refractivity contribution in [2.45, 2.75) is 25.6 Å². The van der Waals surface area contributed by atoms with Gasteiger partial charge in [0.25, 0.3) is 0 Å². The van der Waals surface area contributed by atoms with Crippen LogP contribution in [-0.4, -0.2) is 69.5 Å². The summed E-state index contributed by atoms with van der Waals surface area (Å²) in [5.74, 6) is -3.56. The molecule has 58 heavy (non-hydrogen) atoms. The molecule has 3 N–H and O–H groups in total. The van der Waals surface area contributed by atoms with Crippen LogP contribution in [0.15, 0.2) is 110 Å². The van der Waals surface area contributed by atoms with Crippen molar-refractivity contribution < 1.29 is 62.4 Å². The number of aromatic nitrogens is 6. The standard InChI is InChI=1S/C20H16F3N4.C18H11N3O6.CNS.Ru/c1-13-7-10-18(27(13)15-5-3-2-4-6-15)14-8-9-16(24-12-14)17-11-19(26-25-17)20(21,22)23;22-16(23)9-1-3-19-12(5-9)14-7-11(18(26)27)8-15(21-14)13-6-10(17(24)25)2-4-20-13;2-1-3;/h2-6,8-13H,7H2,1H3;1-8H,(H,22,23)(H,24,25)(H,26,27);;/q-1;;-1;+2. The Labute approximate surface area is 345 Å². The molecule has 0 fully saturated rings. The molecule has 1 aliphatic heterocycles. The van der Waals surface area contributed by atoms with Crippen molar-refractivity contribution in [1.29, 1.82) is 0 Å². The van der Waals surface area contributed by atoms with Gasteiger partial charge in [0, 0.05) is 47.3 Å².